The Labute approximate surface area is 192 Å². The van der Waals surface area contributed by atoms with Crippen LogP contribution in [0.4, 0.5) is 5.88 Å². The Morgan fingerprint density at radius 3 is 2.58 bits per heavy atom. The van der Waals surface area contributed by atoms with Gasteiger partial charge in [-0.05, 0) is 54.3 Å². The summed E-state index contributed by atoms with van der Waals surface area (Å²) in [6, 6.07) is 15.0. The normalized spacial score (nSPS) is 11.6. The number of para-hydroxylation sites is 1. The first kappa shape index (κ1) is 22.3. The van der Waals surface area contributed by atoms with Gasteiger partial charge in [0.15, 0.2) is 11.7 Å². The van der Waals surface area contributed by atoms with Crippen molar-refractivity contribution >= 4 is 23.0 Å². The molecular formula is C26H28N4O3. The van der Waals surface area contributed by atoms with E-state index in [-0.39, 0.29) is 11.5 Å². The third kappa shape index (κ3) is 4.26. The minimum Gasteiger partial charge on any atom is -0.496 e. The van der Waals surface area contributed by atoms with E-state index < -0.39 is 0 Å². The quantitative estimate of drug-likeness (QED) is 0.389. The van der Waals surface area contributed by atoms with Gasteiger partial charge in [0.25, 0.3) is 5.56 Å². The molecule has 0 radical (unpaired) electrons. The van der Waals surface area contributed by atoms with Gasteiger partial charge in [-0.2, -0.15) is 9.78 Å². The van der Waals surface area contributed by atoms with E-state index in [1.165, 1.54) is 10.9 Å². The molecular weight excluding hydrogens is 416 g/mol. The molecule has 2 aromatic heterocycles. The van der Waals surface area contributed by atoms with Crippen molar-refractivity contribution in [2.24, 2.45) is 5.10 Å². The average molecular weight is 445 g/mol. The molecule has 7 nitrogen and oxygen atoms in total. The number of benzene rings is 2. The molecule has 0 N–H and O–H groups in total. The van der Waals surface area contributed by atoms with Crippen molar-refractivity contribution in [3.63, 3.8) is 0 Å². The van der Waals surface area contributed by atoms with E-state index >= 15 is 0 Å². The maximum atomic E-state index is 13.5. The number of rotatable bonds is 6. The summed E-state index contributed by atoms with van der Waals surface area (Å²) < 4.78 is 12.7. The molecule has 0 saturated heterocycles. The molecule has 0 unspecified atom stereocenters. The first-order chi connectivity index (χ1) is 15.8. The molecule has 0 amide bonds. The molecule has 4 aromatic rings. The fourth-order valence-corrected chi connectivity index (χ4v) is 3.74. The van der Waals surface area contributed by atoms with Crippen molar-refractivity contribution in [2.75, 3.05) is 26.1 Å². The zero-order valence-corrected chi connectivity index (χ0v) is 19.8. The van der Waals surface area contributed by atoms with Gasteiger partial charge >= 0.3 is 0 Å². The summed E-state index contributed by atoms with van der Waals surface area (Å²) >= 11 is 0. The third-order valence-electron chi connectivity index (χ3n) is 5.55. The number of anilines is 1. The van der Waals surface area contributed by atoms with Gasteiger partial charge in [0.1, 0.15) is 11.5 Å². The van der Waals surface area contributed by atoms with E-state index in [2.05, 4.69) is 18.9 Å². The standard InChI is InChI=1S/C26H28N4O3/c1-16(2)20-14-21(17(3)13-23(20)32-6)25-28-22-10-8-7-9-19(22)26(31)30(25)27-15-18-11-12-24(33-18)29(4)5/h7-16H,1-6H3. The highest BCUT2D eigenvalue weighted by Gasteiger charge is 2.18. The van der Waals surface area contributed by atoms with Gasteiger partial charge in [-0.1, -0.05) is 26.0 Å². The smallest absolute Gasteiger partial charge is 0.282 e. The SMILES string of the molecule is COc1cc(C)c(-c2nc3ccccc3c(=O)n2N=Cc2ccc(N(C)C)o2)cc1C(C)C. The van der Waals surface area contributed by atoms with E-state index in [1.54, 1.807) is 13.2 Å². The van der Waals surface area contributed by atoms with Crippen LogP contribution in [0, 0.1) is 6.92 Å². The summed E-state index contributed by atoms with van der Waals surface area (Å²) in [6.45, 7) is 6.19. The molecule has 33 heavy (non-hydrogen) atoms. The Bertz CT molecular complexity index is 1400. The van der Waals surface area contributed by atoms with Gasteiger partial charge < -0.3 is 14.1 Å². The maximum Gasteiger partial charge on any atom is 0.282 e. The van der Waals surface area contributed by atoms with Crippen LogP contribution in [0.15, 0.2) is 62.8 Å². The van der Waals surface area contributed by atoms with Crippen molar-refractivity contribution in [2.45, 2.75) is 26.7 Å². The predicted octanol–water partition coefficient (Wildman–Crippen LogP) is 5.05. The molecule has 0 spiro atoms. The topological polar surface area (TPSA) is 72.9 Å². The van der Waals surface area contributed by atoms with E-state index in [0.717, 1.165) is 22.4 Å². The fourth-order valence-electron chi connectivity index (χ4n) is 3.74. The highest BCUT2D eigenvalue weighted by molar-refractivity contribution is 5.81. The lowest BCUT2D eigenvalue weighted by Crippen LogP contribution is -2.20. The molecule has 170 valence electrons. The van der Waals surface area contributed by atoms with Gasteiger partial charge in [-0.15, -0.1) is 0 Å². The van der Waals surface area contributed by atoms with Crippen LogP contribution in [0.25, 0.3) is 22.3 Å². The summed E-state index contributed by atoms with van der Waals surface area (Å²) in [5, 5.41) is 5.01. The molecule has 2 aromatic carbocycles. The molecule has 0 saturated carbocycles. The highest BCUT2D eigenvalue weighted by atomic mass is 16.5. The van der Waals surface area contributed by atoms with E-state index in [1.807, 2.05) is 68.4 Å². The van der Waals surface area contributed by atoms with E-state index in [9.17, 15) is 4.79 Å². The number of ether oxygens (including phenoxy) is 1. The van der Waals surface area contributed by atoms with Crippen LogP contribution in [0.5, 0.6) is 5.75 Å². The summed E-state index contributed by atoms with van der Waals surface area (Å²) in [6.07, 6.45) is 1.54. The molecule has 0 aliphatic heterocycles. The summed E-state index contributed by atoms with van der Waals surface area (Å²) in [5.41, 5.74) is 3.19. The molecule has 7 heteroatoms. The summed E-state index contributed by atoms with van der Waals surface area (Å²) in [4.78, 5) is 20.2. The number of furan rings is 1. The second kappa shape index (κ2) is 8.94. The van der Waals surface area contributed by atoms with Crippen LogP contribution in [0.1, 0.15) is 36.7 Å². The van der Waals surface area contributed by atoms with Gasteiger partial charge in [-0.3, -0.25) is 4.79 Å². The molecule has 0 atom stereocenters. The molecule has 0 aliphatic carbocycles. The minimum atomic E-state index is -0.243. The highest BCUT2D eigenvalue weighted by Crippen LogP contribution is 2.34. The Morgan fingerprint density at radius 2 is 1.91 bits per heavy atom. The zero-order valence-electron chi connectivity index (χ0n) is 19.8. The number of hydrogen-bond donors (Lipinski definition) is 0. The average Bonchev–Trinajstić information content (AvgIpc) is 3.27. The van der Waals surface area contributed by atoms with Crippen LogP contribution in [0.2, 0.25) is 0 Å². The second-order valence-corrected chi connectivity index (χ2v) is 8.45. The van der Waals surface area contributed by atoms with Crippen LogP contribution in [-0.2, 0) is 0 Å². The summed E-state index contributed by atoms with van der Waals surface area (Å²) in [7, 11) is 5.46. The maximum absolute atomic E-state index is 13.5. The molecule has 0 bridgehead atoms. The first-order valence-electron chi connectivity index (χ1n) is 10.8. The molecule has 2 heterocycles. The molecule has 0 fully saturated rings. The number of nitrogens with zero attached hydrogens (tertiary/aromatic N) is 4. The lowest BCUT2D eigenvalue weighted by molar-refractivity contribution is 0.407. The van der Waals surface area contributed by atoms with Crippen LogP contribution in [-0.4, -0.2) is 37.1 Å². The number of fused-ring (bicyclic) bond motifs is 1. The van der Waals surface area contributed by atoms with Gasteiger partial charge in [0, 0.05) is 25.7 Å². The number of methoxy groups -OCH3 is 1. The number of aromatic nitrogens is 2. The van der Waals surface area contributed by atoms with Crippen molar-refractivity contribution in [3.8, 4) is 17.1 Å². The van der Waals surface area contributed by atoms with Gasteiger partial charge in [-0.25, -0.2) is 4.98 Å². The Balaban J connectivity index is 1.95. The van der Waals surface area contributed by atoms with Crippen molar-refractivity contribution < 1.29 is 9.15 Å². The largest absolute Gasteiger partial charge is 0.496 e. The Hall–Kier alpha value is -3.87. The summed E-state index contributed by atoms with van der Waals surface area (Å²) in [5.74, 6) is 2.76. The second-order valence-electron chi connectivity index (χ2n) is 8.45. The molecule has 4 rings (SSSR count). The Morgan fingerprint density at radius 1 is 1.15 bits per heavy atom. The number of aryl methyl sites for hydroxylation is 1. The van der Waals surface area contributed by atoms with Crippen LogP contribution in [0.3, 0.4) is 0 Å². The van der Waals surface area contributed by atoms with Crippen LogP contribution < -0.4 is 15.2 Å². The van der Waals surface area contributed by atoms with E-state index in [0.29, 0.717) is 28.4 Å². The van der Waals surface area contributed by atoms with Crippen molar-refractivity contribution in [1.29, 1.82) is 0 Å². The fraction of sp³-hybridized carbons (Fsp3) is 0.269. The van der Waals surface area contributed by atoms with Gasteiger partial charge in [0.2, 0.25) is 0 Å². The van der Waals surface area contributed by atoms with E-state index in [4.69, 9.17) is 14.1 Å². The lowest BCUT2D eigenvalue weighted by atomic mass is 9.96. The number of hydrogen-bond acceptors (Lipinski definition) is 6. The van der Waals surface area contributed by atoms with Gasteiger partial charge in [0.05, 0.1) is 24.2 Å². The van der Waals surface area contributed by atoms with Crippen LogP contribution >= 0.6 is 0 Å². The predicted molar refractivity (Wildman–Crippen MR) is 133 cm³/mol. The monoisotopic (exact) mass is 444 g/mol. The lowest BCUT2D eigenvalue weighted by Gasteiger charge is -2.17. The Kier molecular flexibility index (Phi) is 6.05. The zero-order chi connectivity index (χ0) is 23.7. The minimum absolute atomic E-state index is 0.232. The first-order valence-corrected chi connectivity index (χ1v) is 10.8. The third-order valence-corrected chi connectivity index (χ3v) is 5.55. The van der Waals surface area contributed by atoms with Crippen molar-refractivity contribution in [3.05, 3.63) is 75.8 Å². The van der Waals surface area contributed by atoms with Crippen molar-refractivity contribution in [1.82, 2.24) is 9.66 Å². The molecule has 0 aliphatic rings.